The van der Waals surface area contributed by atoms with Crippen molar-refractivity contribution in [2.45, 2.75) is 77.9 Å². The Morgan fingerprint density at radius 3 is 2.22 bits per heavy atom. The van der Waals surface area contributed by atoms with Crippen molar-refractivity contribution < 1.29 is 17.7 Å². The molecule has 4 atom stereocenters. The summed E-state index contributed by atoms with van der Waals surface area (Å²) in [5.74, 6) is -0.0110. The van der Waals surface area contributed by atoms with Gasteiger partial charge in [0.15, 0.2) is 0 Å². The monoisotopic (exact) mass is 392 g/mol. The van der Waals surface area contributed by atoms with E-state index in [1.165, 1.54) is 0 Å². The number of benzene rings is 1. The van der Waals surface area contributed by atoms with Crippen LogP contribution in [-0.4, -0.2) is 25.7 Å². The van der Waals surface area contributed by atoms with Gasteiger partial charge in [-0.2, -0.15) is 8.42 Å². The maximum atomic E-state index is 13.0. The van der Waals surface area contributed by atoms with Crippen LogP contribution < -0.4 is 0 Å². The summed E-state index contributed by atoms with van der Waals surface area (Å²) in [7, 11) is -3.86. The molecule has 2 aliphatic rings. The van der Waals surface area contributed by atoms with E-state index < -0.39 is 27.7 Å². The molecule has 27 heavy (non-hydrogen) atoms. The molecule has 0 bridgehead atoms. The predicted molar refractivity (Wildman–Crippen MR) is 107 cm³/mol. The van der Waals surface area contributed by atoms with Crippen molar-refractivity contribution in [2.24, 2.45) is 16.7 Å². The quantitative estimate of drug-likeness (QED) is 0.602. The zero-order valence-electron chi connectivity index (χ0n) is 17.2. The molecule has 3 rings (SSSR count). The first-order valence-corrected chi connectivity index (χ1v) is 11.1. The number of aliphatic hydroxyl groups excluding tert-OH is 1. The van der Waals surface area contributed by atoms with Crippen LogP contribution in [-0.2, 0) is 14.3 Å². The topological polar surface area (TPSA) is 63.6 Å². The van der Waals surface area contributed by atoms with E-state index in [1.54, 1.807) is 24.3 Å². The third kappa shape index (κ3) is 3.74. The Morgan fingerprint density at radius 1 is 1.04 bits per heavy atom. The molecule has 0 saturated heterocycles. The van der Waals surface area contributed by atoms with Gasteiger partial charge in [-0.05, 0) is 69.1 Å². The molecule has 1 saturated carbocycles. The van der Waals surface area contributed by atoms with Gasteiger partial charge in [-0.1, -0.05) is 44.0 Å². The minimum absolute atomic E-state index is 0.0110. The van der Waals surface area contributed by atoms with Crippen molar-refractivity contribution in [1.82, 2.24) is 0 Å². The van der Waals surface area contributed by atoms with Gasteiger partial charge in [-0.3, -0.25) is 4.18 Å². The number of hydrogen-bond acceptors (Lipinski definition) is 4. The first-order valence-electron chi connectivity index (χ1n) is 9.70. The average Bonchev–Trinajstić information content (AvgIpc) is 2.55. The molecule has 0 aliphatic heterocycles. The van der Waals surface area contributed by atoms with Crippen molar-refractivity contribution in [3.8, 4) is 0 Å². The summed E-state index contributed by atoms with van der Waals surface area (Å²) in [6, 6.07) is 6.77. The number of fused-ring (bicyclic) bond motifs is 1. The Hall–Kier alpha value is -1.17. The summed E-state index contributed by atoms with van der Waals surface area (Å²) in [5, 5.41) is 10.9. The van der Waals surface area contributed by atoms with Crippen LogP contribution in [0.25, 0.3) is 0 Å². The normalized spacial score (nSPS) is 33.7. The van der Waals surface area contributed by atoms with Gasteiger partial charge in [-0.15, -0.1) is 0 Å². The molecule has 0 aromatic heterocycles. The van der Waals surface area contributed by atoms with Crippen LogP contribution in [0.3, 0.4) is 0 Å². The smallest absolute Gasteiger partial charge is 0.297 e. The summed E-state index contributed by atoms with van der Waals surface area (Å²) in [4.78, 5) is 0.191. The van der Waals surface area contributed by atoms with E-state index in [0.29, 0.717) is 6.42 Å². The highest BCUT2D eigenvalue weighted by molar-refractivity contribution is 7.86. The standard InChI is InChI=1S/C22H32O4S/c1-14-7-9-17(10-8-14)27(24,25)26-19-13-21(4,5)12-18-20(23)16(3)15(2)11-22(18,19)6/h7-10,18-20,23H,11-13H2,1-6H3/t18-,19-,20+,22-/m0/s1. The van der Waals surface area contributed by atoms with E-state index in [4.69, 9.17) is 4.18 Å². The van der Waals surface area contributed by atoms with Crippen LogP contribution in [0, 0.1) is 23.7 Å². The second kappa shape index (κ2) is 6.71. The lowest BCUT2D eigenvalue weighted by Gasteiger charge is -2.56. The Labute approximate surface area is 163 Å². The SMILES string of the molecule is CC1=C(C)[C@@H](O)[C@@H]2CC(C)(C)C[C@H](OS(=O)(=O)c3ccc(C)cc3)[C@@]2(C)C1. The molecule has 1 aromatic carbocycles. The van der Waals surface area contributed by atoms with E-state index in [2.05, 4.69) is 20.8 Å². The van der Waals surface area contributed by atoms with E-state index in [0.717, 1.165) is 29.6 Å². The van der Waals surface area contributed by atoms with Gasteiger partial charge >= 0.3 is 0 Å². The van der Waals surface area contributed by atoms with Crippen LogP contribution in [0.1, 0.15) is 59.4 Å². The zero-order chi connectivity index (χ0) is 20.2. The molecule has 1 aromatic rings. The number of allylic oxidation sites excluding steroid dienone is 1. The van der Waals surface area contributed by atoms with Crippen LogP contribution in [0.4, 0.5) is 0 Å². The molecule has 5 heteroatoms. The van der Waals surface area contributed by atoms with Crippen LogP contribution in [0.15, 0.2) is 40.3 Å². The molecule has 4 nitrogen and oxygen atoms in total. The molecule has 0 heterocycles. The van der Waals surface area contributed by atoms with Gasteiger partial charge in [0, 0.05) is 5.41 Å². The predicted octanol–water partition coefficient (Wildman–Crippen LogP) is 4.61. The number of aryl methyl sites for hydroxylation is 1. The number of aliphatic hydroxyl groups is 1. The molecular weight excluding hydrogens is 360 g/mol. The Bertz CT molecular complexity index is 851. The summed E-state index contributed by atoms with van der Waals surface area (Å²) >= 11 is 0. The molecule has 1 fully saturated rings. The van der Waals surface area contributed by atoms with Gasteiger partial charge in [0.2, 0.25) is 0 Å². The van der Waals surface area contributed by atoms with Crippen molar-refractivity contribution in [3.63, 3.8) is 0 Å². The molecule has 0 unspecified atom stereocenters. The summed E-state index contributed by atoms with van der Waals surface area (Å²) in [6.45, 7) is 12.3. The molecule has 0 amide bonds. The maximum Gasteiger partial charge on any atom is 0.297 e. The van der Waals surface area contributed by atoms with Crippen molar-refractivity contribution in [3.05, 3.63) is 41.0 Å². The summed E-state index contributed by atoms with van der Waals surface area (Å²) in [6.07, 6.45) is 1.26. The highest BCUT2D eigenvalue weighted by Crippen LogP contribution is 2.57. The third-order valence-electron chi connectivity index (χ3n) is 6.79. The van der Waals surface area contributed by atoms with Gasteiger partial charge < -0.3 is 5.11 Å². The van der Waals surface area contributed by atoms with E-state index in [-0.39, 0.29) is 16.2 Å². The third-order valence-corrected chi connectivity index (χ3v) is 8.12. The minimum atomic E-state index is -3.86. The van der Waals surface area contributed by atoms with Gasteiger partial charge in [0.25, 0.3) is 10.1 Å². The van der Waals surface area contributed by atoms with Gasteiger partial charge in [-0.25, -0.2) is 0 Å². The van der Waals surface area contributed by atoms with Gasteiger partial charge in [0.05, 0.1) is 17.1 Å². The molecular formula is C22H32O4S. The molecule has 2 aliphatic carbocycles. The van der Waals surface area contributed by atoms with Crippen molar-refractivity contribution in [2.75, 3.05) is 0 Å². The average molecular weight is 393 g/mol. The van der Waals surface area contributed by atoms with E-state index >= 15 is 0 Å². The first-order chi connectivity index (χ1) is 12.4. The van der Waals surface area contributed by atoms with Gasteiger partial charge in [0.1, 0.15) is 0 Å². The summed E-state index contributed by atoms with van der Waals surface area (Å²) < 4.78 is 31.8. The van der Waals surface area contributed by atoms with Crippen LogP contribution in [0.5, 0.6) is 0 Å². The van der Waals surface area contributed by atoms with Crippen LogP contribution in [0.2, 0.25) is 0 Å². The fourth-order valence-corrected chi connectivity index (χ4v) is 6.10. The lowest BCUT2D eigenvalue weighted by molar-refractivity contribution is -0.109. The van der Waals surface area contributed by atoms with E-state index in [9.17, 15) is 13.5 Å². The fourth-order valence-electron chi connectivity index (χ4n) is 4.93. The molecule has 0 radical (unpaired) electrons. The number of hydrogen-bond donors (Lipinski definition) is 1. The Kier molecular flexibility index (Phi) is 5.11. The largest absolute Gasteiger partial charge is 0.388 e. The van der Waals surface area contributed by atoms with Crippen molar-refractivity contribution >= 4 is 10.1 Å². The zero-order valence-corrected chi connectivity index (χ0v) is 18.1. The Morgan fingerprint density at radius 2 is 1.63 bits per heavy atom. The minimum Gasteiger partial charge on any atom is -0.388 e. The second-order valence-corrected chi connectivity index (χ2v) is 11.2. The molecule has 150 valence electrons. The Balaban J connectivity index is 1.99. The molecule has 0 spiro atoms. The molecule has 1 N–H and O–H groups in total. The van der Waals surface area contributed by atoms with Crippen molar-refractivity contribution in [1.29, 1.82) is 0 Å². The maximum absolute atomic E-state index is 13.0. The van der Waals surface area contributed by atoms with E-state index in [1.807, 2.05) is 20.8 Å². The lowest BCUT2D eigenvalue weighted by atomic mass is 9.52. The highest BCUT2D eigenvalue weighted by Gasteiger charge is 2.55. The number of rotatable bonds is 3. The first kappa shape index (κ1) is 20.6. The van der Waals surface area contributed by atoms with Crippen LogP contribution >= 0.6 is 0 Å². The second-order valence-electron chi connectivity index (χ2n) is 9.62. The highest BCUT2D eigenvalue weighted by atomic mass is 32.2. The lowest BCUT2D eigenvalue weighted by Crippen LogP contribution is -2.55. The summed E-state index contributed by atoms with van der Waals surface area (Å²) in [5.41, 5.74) is 2.67. The fraction of sp³-hybridized carbons (Fsp3) is 0.636.